The second kappa shape index (κ2) is 4.27. The van der Waals surface area contributed by atoms with Crippen LogP contribution in [0.3, 0.4) is 0 Å². The smallest absolute Gasteiger partial charge is 0.126 e. The summed E-state index contributed by atoms with van der Waals surface area (Å²) >= 11 is 0. The van der Waals surface area contributed by atoms with Crippen molar-refractivity contribution in [1.29, 1.82) is 0 Å². The van der Waals surface area contributed by atoms with E-state index in [1.165, 1.54) is 37.8 Å². The minimum atomic E-state index is -0.495. The molecule has 1 aromatic carbocycles. The Hall–Kier alpha value is -0.960. The fourth-order valence-electron chi connectivity index (χ4n) is 5.61. The maximum Gasteiger partial charge on any atom is 0.126 e. The normalized spacial score (nSPS) is 42.1. The SMILES string of the molecule is NC1(Cc2cc(F)cc(F)c2)CC2CC1C1CCCC21. The van der Waals surface area contributed by atoms with Crippen LogP contribution in [0.15, 0.2) is 18.2 Å². The van der Waals surface area contributed by atoms with Crippen LogP contribution >= 0.6 is 0 Å². The first kappa shape index (κ1) is 12.8. The molecule has 108 valence electrons. The summed E-state index contributed by atoms with van der Waals surface area (Å²) in [5.41, 5.74) is 7.16. The fourth-order valence-corrected chi connectivity index (χ4v) is 5.61. The van der Waals surface area contributed by atoms with Crippen molar-refractivity contribution >= 4 is 0 Å². The monoisotopic (exact) mass is 277 g/mol. The van der Waals surface area contributed by atoms with E-state index in [2.05, 4.69) is 0 Å². The number of hydrogen-bond donors (Lipinski definition) is 1. The van der Waals surface area contributed by atoms with Gasteiger partial charge in [0.05, 0.1) is 0 Å². The van der Waals surface area contributed by atoms with Gasteiger partial charge in [-0.05, 0) is 73.5 Å². The molecule has 0 amide bonds. The molecule has 5 unspecified atom stereocenters. The summed E-state index contributed by atoms with van der Waals surface area (Å²) in [7, 11) is 0. The molecule has 20 heavy (non-hydrogen) atoms. The number of nitrogens with two attached hydrogens (primary N) is 1. The van der Waals surface area contributed by atoms with Crippen LogP contribution in [0.4, 0.5) is 8.78 Å². The van der Waals surface area contributed by atoms with Gasteiger partial charge in [0.15, 0.2) is 0 Å². The lowest BCUT2D eigenvalue weighted by atomic mass is 9.69. The van der Waals surface area contributed by atoms with E-state index >= 15 is 0 Å². The van der Waals surface area contributed by atoms with E-state index in [1.807, 2.05) is 0 Å². The zero-order chi connectivity index (χ0) is 13.9. The molecule has 5 atom stereocenters. The number of rotatable bonds is 2. The topological polar surface area (TPSA) is 26.0 Å². The summed E-state index contributed by atoms with van der Waals surface area (Å²) in [6.45, 7) is 0. The molecule has 4 rings (SSSR count). The first-order chi connectivity index (χ1) is 9.55. The third-order valence-corrected chi connectivity index (χ3v) is 6.14. The Morgan fingerprint density at radius 2 is 1.80 bits per heavy atom. The van der Waals surface area contributed by atoms with Crippen molar-refractivity contribution in [3.8, 4) is 0 Å². The van der Waals surface area contributed by atoms with Gasteiger partial charge in [0, 0.05) is 11.6 Å². The lowest BCUT2D eigenvalue weighted by Gasteiger charge is -2.40. The highest BCUT2D eigenvalue weighted by Gasteiger charge is 2.59. The van der Waals surface area contributed by atoms with Crippen molar-refractivity contribution in [2.24, 2.45) is 29.4 Å². The third kappa shape index (κ3) is 1.82. The maximum atomic E-state index is 13.3. The number of benzene rings is 1. The molecule has 1 nitrogen and oxygen atoms in total. The van der Waals surface area contributed by atoms with Crippen molar-refractivity contribution < 1.29 is 8.78 Å². The number of hydrogen-bond acceptors (Lipinski definition) is 1. The molecule has 3 saturated carbocycles. The van der Waals surface area contributed by atoms with Crippen molar-refractivity contribution in [3.63, 3.8) is 0 Å². The van der Waals surface area contributed by atoms with Gasteiger partial charge in [-0.25, -0.2) is 8.78 Å². The molecule has 2 N–H and O–H groups in total. The quantitative estimate of drug-likeness (QED) is 0.877. The van der Waals surface area contributed by atoms with Gasteiger partial charge in [-0.2, -0.15) is 0 Å². The van der Waals surface area contributed by atoms with Gasteiger partial charge >= 0.3 is 0 Å². The van der Waals surface area contributed by atoms with E-state index in [0.29, 0.717) is 17.9 Å². The Bertz CT molecular complexity index is 524. The van der Waals surface area contributed by atoms with Crippen molar-refractivity contribution in [1.82, 2.24) is 0 Å². The summed E-state index contributed by atoms with van der Waals surface area (Å²) < 4.78 is 26.7. The first-order valence-corrected chi connectivity index (χ1v) is 7.79. The maximum absolute atomic E-state index is 13.3. The Morgan fingerprint density at radius 3 is 2.55 bits per heavy atom. The van der Waals surface area contributed by atoms with E-state index in [1.54, 1.807) is 0 Å². The zero-order valence-electron chi connectivity index (χ0n) is 11.6. The van der Waals surface area contributed by atoms with E-state index in [9.17, 15) is 8.78 Å². The molecule has 3 aliphatic rings. The van der Waals surface area contributed by atoms with Gasteiger partial charge in [-0.3, -0.25) is 0 Å². The molecule has 0 saturated heterocycles. The highest BCUT2D eigenvalue weighted by atomic mass is 19.1. The van der Waals surface area contributed by atoms with Crippen LogP contribution < -0.4 is 5.73 Å². The first-order valence-electron chi connectivity index (χ1n) is 7.79. The summed E-state index contributed by atoms with van der Waals surface area (Å²) in [6.07, 6.45) is 6.92. The molecule has 1 aromatic rings. The lowest BCUT2D eigenvalue weighted by molar-refractivity contribution is 0.156. The second-order valence-electron chi connectivity index (χ2n) is 7.25. The van der Waals surface area contributed by atoms with Crippen molar-refractivity contribution in [2.75, 3.05) is 0 Å². The standard InChI is InChI=1S/C17H21F2N/c18-12-4-10(5-13(19)7-12)8-17(20)9-11-6-16(17)15-3-1-2-14(11)15/h4-5,7,11,14-16H,1-3,6,8-9,20H2. The van der Waals surface area contributed by atoms with E-state index < -0.39 is 11.6 Å². The largest absolute Gasteiger partial charge is 0.325 e. The molecular formula is C17H21F2N. The molecule has 0 radical (unpaired) electrons. The Kier molecular flexibility index (Phi) is 2.72. The Morgan fingerprint density at radius 1 is 1.10 bits per heavy atom. The number of halogens is 2. The highest BCUT2D eigenvalue weighted by Crippen LogP contribution is 2.62. The summed E-state index contributed by atoms with van der Waals surface area (Å²) in [4.78, 5) is 0. The fraction of sp³-hybridized carbons (Fsp3) is 0.647. The minimum Gasteiger partial charge on any atom is -0.325 e. The van der Waals surface area contributed by atoms with Crippen LogP contribution in [0.1, 0.15) is 37.7 Å². The van der Waals surface area contributed by atoms with Crippen LogP contribution in [0, 0.1) is 35.3 Å². The summed E-state index contributed by atoms with van der Waals surface area (Å²) in [5.74, 6) is 2.00. The molecule has 3 fully saturated rings. The molecule has 3 heteroatoms. The predicted octanol–water partition coefficient (Wildman–Crippen LogP) is 3.66. The van der Waals surface area contributed by atoms with Crippen LogP contribution in [0.2, 0.25) is 0 Å². The van der Waals surface area contributed by atoms with Gasteiger partial charge in [-0.15, -0.1) is 0 Å². The minimum absolute atomic E-state index is 0.240. The molecule has 0 aliphatic heterocycles. The second-order valence-corrected chi connectivity index (χ2v) is 7.25. The molecular weight excluding hydrogens is 256 g/mol. The van der Waals surface area contributed by atoms with Gasteiger partial charge < -0.3 is 5.73 Å². The zero-order valence-corrected chi connectivity index (χ0v) is 11.6. The molecule has 0 aromatic heterocycles. The highest BCUT2D eigenvalue weighted by molar-refractivity contribution is 5.24. The van der Waals surface area contributed by atoms with Crippen molar-refractivity contribution in [3.05, 3.63) is 35.4 Å². The van der Waals surface area contributed by atoms with Gasteiger partial charge in [0.1, 0.15) is 11.6 Å². The average molecular weight is 277 g/mol. The average Bonchev–Trinajstić information content (AvgIpc) is 2.97. The van der Waals surface area contributed by atoms with Crippen LogP contribution in [-0.2, 0) is 6.42 Å². The van der Waals surface area contributed by atoms with E-state index in [4.69, 9.17) is 5.73 Å². The van der Waals surface area contributed by atoms with E-state index in [0.717, 1.165) is 30.2 Å². The molecule has 2 bridgehead atoms. The van der Waals surface area contributed by atoms with Gasteiger partial charge in [0.25, 0.3) is 0 Å². The lowest BCUT2D eigenvalue weighted by Crippen LogP contribution is -2.50. The Labute approximate surface area is 118 Å². The van der Waals surface area contributed by atoms with Crippen LogP contribution in [0.5, 0.6) is 0 Å². The van der Waals surface area contributed by atoms with Gasteiger partial charge in [-0.1, -0.05) is 6.42 Å². The third-order valence-electron chi connectivity index (χ3n) is 6.14. The number of fused-ring (bicyclic) bond motifs is 5. The van der Waals surface area contributed by atoms with Crippen LogP contribution in [0.25, 0.3) is 0 Å². The summed E-state index contributed by atoms with van der Waals surface area (Å²) in [6, 6.07) is 3.81. The Balaban J connectivity index is 1.59. The summed E-state index contributed by atoms with van der Waals surface area (Å²) in [5, 5.41) is 0. The molecule has 0 heterocycles. The molecule has 3 aliphatic carbocycles. The van der Waals surface area contributed by atoms with E-state index in [-0.39, 0.29) is 5.54 Å². The molecule has 0 spiro atoms. The van der Waals surface area contributed by atoms with Crippen molar-refractivity contribution in [2.45, 2.75) is 44.1 Å². The predicted molar refractivity (Wildman–Crippen MR) is 74.0 cm³/mol. The van der Waals surface area contributed by atoms with Gasteiger partial charge in [0.2, 0.25) is 0 Å². The van der Waals surface area contributed by atoms with Crippen LogP contribution in [-0.4, -0.2) is 5.54 Å².